The first kappa shape index (κ1) is 18.2. The molecule has 1 amide bonds. The van der Waals surface area contributed by atoms with E-state index in [-0.39, 0.29) is 30.7 Å². The zero-order valence-electron chi connectivity index (χ0n) is 10.8. The first-order valence-corrected chi connectivity index (χ1v) is 6.22. The van der Waals surface area contributed by atoms with Crippen LogP contribution < -0.4 is 10.6 Å². The molecule has 6 heteroatoms. The summed E-state index contributed by atoms with van der Waals surface area (Å²) in [4.78, 5) is 15.6. The molecule has 1 aliphatic rings. The van der Waals surface area contributed by atoms with Crippen LogP contribution in [0.25, 0.3) is 0 Å². The zero-order valence-corrected chi connectivity index (χ0v) is 12.4. The topological polar surface area (TPSA) is 54.0 Å². The molecule has 2 N–H and O–H groups in total. The molecule has 0 radical (unpaired) electrons. The predicted octanol–water partition coefficient (Wildman–Crippen LogP) is 1.58. The number of nitrogens with one attached hydrogen (secondary N) is 2. The maximum atomic E-state index is 11.4. The lowest BCUT2D eigenvalue weighted by atomic mass is 10.3. The third-order valence-electron chi connectivity index (χ3n) is 2.84. The van der Waals surface area contributed by atoms with Gasteiger partial charge in [-0.05, 0) is 37.4 Å². The van der Waals surface area contributed by atoms with Gasteiger partial charge in [0.1, 0.15) is 0 Å². The van der Waals surface area contributed by atoms with Crippen LogP contribution in [0.5, 0.6) is 0 Å². The number of aromatic nitrogens is 1. The number of pyridine rings is 1. The molecule has 0 spiro atoms. The molecule has 0 saturated heterocycles. The Labute approximate surface area is 126 Å². The first-order valence-electron chi connectivity index (χ1n) is 6.22. The van der Waals surface area contributed by atoms with Gasteiger partial charge in [0.25, 0.3) is 0 Å². The molecular weight excluding hydrogens is 285 g/mol. The van der Waals surface area contributed by atoms with Gasteiger partial charge in [0, 0.05) is 24.9 Å². The molecular formula is C13H21Cl2N3O. The van der Waals surface area contributed by atoms with Crippen molar-refractivity contribution in [2.24, 2.45) is 5.92 Å². The number of hydrogen-bond acceptors (Lipinski definition) is 3. The van der Waals surface area contributed by atoms with Gasteiger partial charge in [0.05, 0.1) is 6.54 Å². The number of hydrogen-bond donors (Lipinski definition) is 2. The van der Waals surface area contributed by atoms with Crippen LogP contribution in [-0.4, -0.2) is 30.5 Å². The van der Waals surface area contributed by atoms with Crippen LogP contribution >= 0.6 is 24.8 Å². The van der Waals surface area contributed by atoms with E-state index in [1.807, 2.05) is 18.2 Å². The number of halogens is 2. The molecule has 108 valence electrons. The van der Waals surface area contributed by atoms with Gasteiger partial charge < -0.3 is 10.6 Å². The third kappa shape index (κ3) is 8.03. The van der Waals surface area contributed by atoms with Crippen LogP contribution in [0.15, 0.2) is 24.4 Å². The van der Waals surface area contributed by atoms with Gasteiger partial charge in [0.15, 0.2) is 0 Å². The minimum Gasteiger partial charge on any atom is -0.355 e. The molecule has 0 bridgehead atoms. The van der Waals surface area contributed by atoms with Crippen LogP contribution in [-0.2, 0) is 11.2 Å². The van der Waals surface area contributed by atoms with E-state index in [1.54, 1.807) is 6.20 Å². The minimum absolute atomic E-state index is 0. The quantitative estimate of drug-likeness (QED) is 0.804. The second-order valence-corrected chi connectivity index (χ2v) is 4.50. The minimum atomic E-state index is 0. The molecule has 0 unspecified atom stereocenters. The maximum Gasteiger partial charge on any atom is 0.233 e. The fourth-order valence-corrected chi connectivity index (χ4v) is 1.65. The molecule has 0 aromatic carbocycles. The van der Waals surface area contributed by atoms with E-state index in [2.05, 4.69) is 15.6 Å². The van der Waals surface area contributed by atoms with Gasteiger partial charge >= 0.3 is 0 Å². The largest absolute Gasteiger partial charge is 0.355 e. The van der Waals surface area contributed by atoms with Crippen molar-refractivity contribution in [3.05, 3.63) is 30.1 Å². The Bertz CT molecular complexity index is 358. The number of amides is 1. The monoisotopic (exact) mass is 305 g/mol. The van der Waals surface area contributed by atoms with Gasteiger partial charge in [-0.3, -0.25) is 9.78 Å². The molecule has 1 fully saturated rings. The van der Waals surface area contributed by atoms with Gasteiger partial charge in [0.2, 0.25) is 5.91 Å². The molecule has 0 aliphatic heterocycles. The predicted molar refractivity (Wildman–Crippen MR) is 81.0 cm³/mol. The average Bonchev–Trinajstić information content (AvgIpc) is 3.14. The summed E-state index contributed by atoms with van der Waals surface area (Å²) in [7, 11) is 0. The van der Waals surface area contributed by atoms with Crippen molar-refractivity contribution in [1.82, 2.24) is 15.6 Å². The zero-order chi connectivity index (χ0) is 11.9. The highest BCUT2D eigenvalue weighted by Gasteiger charge is 2.20. The summed E-state index contributed by atoms with van der Waals surface area (Å²) in [5.41, 5.74) is 1.01. The van der Waals surface area contributed by atoms with Gasteiger partial charge in [-0.15, -0.1) is 24.8 Å². The van der Waals surface area contributed by atoms with E-state index in [1.165, 1.54) is 12.8 Å². The lowest BCUT2D eigenvalue weighted by molar-refractivity contribution is -0.120. The maximum absolute atomic E-state index is 11.4. The molecule has 1 aromatic rings. The number of nitrogens with zero attached hydrogens (tertiary/aromatic N) is 1. The number of carbonyl (C=O) groups is 1. The Morgan fingerprint density at radius 1 is 1.32 bits per heavy atom. The summed E-state index contributed by atoms with van der Waals surface area (Å²) < 4.78 is 0. The SMILES string of the molecule is Cl.Cl.O=C(CNCC1CC1)NCCc1ccccn1. The highest BCUT2D eigenvalue weighted by Crippen LogP contribution is 2.27. The normalized spacial score (nSPS) is 13.1. The third-order valence-corrected chi connectivity index (χ3v) is 2.84. The summed E-state index contributed by atoms with van der Waals surface area (Å²) in [5, 5.41) is 6.05. The van der Waals surface area contributed by atoms with Crippen LogP contribution in [0, 0.1) is 5.92 Å². The van der Waals surface area contributed by atoms with Crippen molar-refractivity contribution in [3.63, 3.8) is 0 Å². The molecule has 1 heterocycles. The molecule has 1 saturated carbocycles. The fourth-order valence-electron chi connectivity index (χ4n) is 1.65. The Morgan fingerprint density at radius 3 is 2.74 bits per heavy atom. The second-order valence-electron chi connectivity index (χ2n) is 4.50. The number of rotatable bonds is 7. The van der Waals surface area contributed by atoms with Gasteiger partial charge in [-0.2, -0.15) is 0 Å². The standard InChI is InChI=1S/C13H19N3O.2ClH/c17-13(10-14-9-11-4-5-11)16-8-6-12-3-1-2-7-15-12;;/h1-3,7,11,14H,4-6,8-10H2,(H,16,17);2*1H. The van der Waals surface area contributed by atoms with Crippen LogP contribution in [0.4, 0.5) is 0 Å². The Morgan fingerprint density at radius 2 is 2.11 bits per heavy atom. The molecule has 19 heavy (non-hydrogen) atoms. The Kier molecular flexibility index (Phi) is 9.57. The van der Waals surface area contributed by atoms with E-state index in [9.17, 15) is 4.79 Å². The molecule has 0 atom stereocenters. The van der Waals surface area contributed by atoms with Crippen molar-refractivity contribution in [2.45, 2.75) is 19.3 Å². The number of carbonyl (C=O) groups excluding carboxylic acids is 1. The van der Waals surface area contributed by atoms with E-state index in [4.69, 9.17) is 0 Å². The lowest BCUT2D eigenvalue weighted by Gasteiger charge is -2.05. The highest BCUT2D eigenvalue weighted by molar-refractivity contribution is 5.85. The van der Waals surface area contributed by atoms with Crippen molar-refractivity contribution in [3.8, 4) is 0 Å². The summed E-state index contributed by atoms with van der Waals surface area (Å²) in [6, 6.07) is 5.82. The second kappa shape index (κ2) is 10.0. The van der Waals surface area contributed by atoms with E-state index < -0.39 is 0 Å². The molecule has 2 rings (SSSR count). The van der Waals surface area contributed by atoms with Crippen molar-refractivity contribution < 1.29 is 4.79 Å². The molecule has 1 aromatic heterocycles. The Balaban J connectivity index is 0.00000162. The smallest absolute Gasteiger partial charge is 0.233 e. The summed E-state index contributed by atoms with van der Waals surface area (Å²) in [6.07, 6.45) is 5.19. The van der Waals surface area contributed by atoms with E-state index in [0.717, 1.165) is 24.6 Å². The summed E-state index contributed by atoms with van der Waals surface area (Å²) in [6.45, 7) is 2.06. The average molecular weight is 306 g/mol. The van der Waals surface area contributed by atoms with Crippen LogP contribution in [0.2, 0.25) is 0 Å². The molecule has 1 aliphatic carbocycles. The van der Waals surface area contributed by atoms with Gasteiger partial charge in [-0.25, -0.2) is 0 Å². The van der Waals surface area contributed by atoms with Crippen LogP contribution in [0.3, 0.4) is 0 Å². The van der Waals surface area contributed by atoms with Crippen molar-refractivity contribution in [2.75, 3.05) is 19.6 Å². The molecule has 4 nitrogen and oxygen atoms in total. The van der Waals surface area contributed by atoms with Crippen molar-refractivity contribution in [1.29, 1.82) is 0 Å². The summed E-state index contributed by atoms with van der Waals surface area (Å²) >= 11 is 0. The summed E-state index contributed by atoms with van der Waals surface area (Å²) in [5.74, 6) is 0.887. The van der Waals surface area contributed by atoms with Gasteiger partial charge in [-0.1, -0.05) is 6.07 Å². The van der Waals surface area contributed by atoms with E-state index in [0.29, 0.717) is 13.1 Å². The van der Waals surface area contributed by atoms with Crippen molar-refractivity contribution >= 4 is 30.7 Å². The fraction of sp³-hybridized carbons (Fsp3) is 0.538. The first-order chi connectivity index (χ1) is 8.34. The lowest BCUT2D eigenvalue weighted by Crippen LogP contribution is -2.35. The van der Waals surface area contributed by atoms with E-state index >= 15 is 0 Å². The highest BCUT2D eigenvalue weighted by atomic mass is 35.5. The van der Waals surface area contributed by atoms with Crippen LogP contribution in [0.1, 0.15) is 18.5 Å². The Hall–Kier alpha value is -0.840.